The molecule has 0 aromatic heterocycles. The van der Waals surface area contributed by atoms with Crippen LogP contribution in [-0.2, 0) is 9.59 Å². The lowest BCUT2D eigenvalue weighted by Crippen LogP contribution is -2.58. The predicted octanol–water partition coefficient (Wildman–Crippen LogP) is -2.63. The van der Waals surface area contributed by atoms with E-state index in [1.54, 1.807) is 4.90 Å². The van der Waals surface area contributed by atoms with Crippen molar-refractivity contribution in [2.24, 2.45) is 5.73 Å². The summed E-state index contributed by atoms with van der Waals surface area (Å²) in [6, 6.07) is 0. The minimum atomic E-state index is -0.521. The van der Waals surface area contributed by atoms with Gasteiger partial charge >= 0.3 is 11.8 Å². The lowest BCUT2D eigenvalue weighted by atomic mass is 10.3. The van der Waals surface area contributed by atoms with Crippen LogP contribution in [0.2, 0.25) is 0 Å². The average Bonchev–Trinajstić information content (AvgIpc) is 2.50. The fourth-order valence-electron chi connectivity index (χ4n) is 2.61. The molecule has 0 aliphatic carbocycles. The van der Waals surface area contributed by atoms with Crippen molar-refractivity contribution in [1.82, 2.24) is 25.1 Å². The lowest BCUT2D eigenvalue weighted by molar-refractivity contribution is -0.150. The van der Waals surface area contributed by atoms with E-state index in [1.807, 2.05) is 12.1 Å². The molecule has 2 saturated heterocycles. The molecule has 0 spiro atoms. The molecule has 2 heterocycles. The third kappa shape index (κ3) is 4.63. The van der Waals surface area contributed by atoms with Crippen LogP contribution >= 0.6 is 0 Å². The van der Waals surface area contributed by atoms with Crippen molar-refractivity contribution < 1.29 is 9.59 Å². The van der Waals surface area contributed by atoms with Gasteiger partial charge < -0.3 is 15.5 Å². The normalized spacial score (nSPS) is 22.3. The fraction of sp³-hybridized carbons (Fsp3) is 0.846. The Labute approximate surface area is 125 Å². The van der Waals surface area contributed by atoms with Gasteiger partial charge in [0, 0.05) is 65.4 Å². The zero-order chi connectivity index (χ0) is 15.2. The number of carbonyl (C=O) groups excluding carboxylic acids is 2. The van der Waals surface area contributed by atoms with Crippen LogP contribution in [0.4, 0.5) is 0 Å². The molecule has 2 rings (SSSR count). The van der Waals surface area contributed by atoms with Crippen molar-refractivity contribution in [2.45, 2.75) is 0 Å². The minimum Gasteiger partial charge on any atom is -0.332 e. The highest BCUT2D eigenvalue weighted by Crippen LogP contribution is 2.02. The Balaban J connectivity index is 1.74. The number of nitrogens with two attached hydrogens (primary N) is 1. The summed E-state index contributed by atoms with van der Waals surface area (Å²) in [7, 11) is 2.05. The molecular weight excluding hydrogens is 272 g/mol. The zero-order valence-electron chi connectivity index (χ0n) is 12.8. The van der Waals surface area contributed by atoms with Crippen molar-refractivity contribution >= 4 is 11.8 Å². The summed E-state index contributed by atoms with van der Waals surface area (Å²) < 4.78 is 0. The van der Waals surface area contributed by atoms with Gasteiger partial charge in [-0.15, -0.1) is 0 Å². The third-order valence-electron chi connectivity index (χ3n) is 4.06. The van der Waals surface area contributed by atoms with Crippen LogP contribution in [-0.4, -0.2) is 104 Å². The highest BCUT2D eigenvalue weighted by molar-refractivity contribution is 6.34. The Morgan fingerprint density at radius 2 is 1.62 bits per heavy atom. The maximum atomic E-state index is 12.1. The molecule has 2 amide bonds. The number of piperazine rings is 2. The van der Waals surface area contributed by atoms with Crippen molar-refractivity contribution in [3.8, 4) is 0 Å². The Bertz CT molecular complexity index is 362. The summed E-state index contributed by atoms with van der Waals surface area (Å²) in [5.74, 6) is -0.951. The molecule has 0 unspecified atom stereocenters. The second-order valence-electron chi connectivity index (χ2n) is 5.65. The summed E-state index contributed by atoms with van der Waals surface area (Å²) in [4.78, 5) is 30.2. The van der Waals surface area contributed by atoms with Gasteiger partial charge in [-0.1, -0.05) is 0 Å². The van der Waals surface area contributed by atoms with E-state index in [0.717, 1.165) is 45.8 Å². The number of likely N-dealkylation sites (N-methyl/N-ethyl adjacent to an activating group) is 1. The van der Waals surface area contributed by atoms with Crippen molar-refractivity contribution in [3.05, 3.63) is 0 Å². The van der Waals surface area contributed by atoms with Crippen LogP contribution in [0.1, 0.15) is 0 Å². The molecule has 8 heteroatoms. The van der Waals surface area contributed by atoms with Gasteiger partial charge in [0.25, 0.3) is 0 Å². The SMILES string of the molecule is CN1CCN(NC(=O)C(=O)N2CCN(CCN)CC2)CC1. The second-order valence-corrected chi connectivity index (χ2v) is 5.65. The summed E-state index contributed by atoms with van der Waals surface area (Å²) in [6.07, 6.45) is 0. The number of hydrogen-bond acceptors (Lipinski definition) is 6. The van der Waals surface area contributed by atoms with Crippen molar-refractivity contribution in [3.63, 3.8) is 0 Å². The van der Waals surface area contributed by atoms with Gasteiger partial charge in [-0.05, 0) is 7.05 Å². The van der Waals surface area contributed by atoms with Gasteiger partial charge in [-0.25, -0.2) is 5.01 Å². The monoisotopic (exact) mass is 298 g/mol. The van der Waals surface area contributed by atoms with Crippen LogP contribution in [0.15, 0.2) is 0 Å². The Morgan fingerprint density at radius 1 is 1.00 bits per heavy atom. The van der Waals surface area contributed by atoms with Crippen LogP contribution in [0.3, 0.4) is 0 Å². The van der Waals surface area contributed by atoms with Gasteiger partial charge in [0.05, 0.1) is 0 Å². The summed E-state index contributed by atoms with van der Waals surface area (Å²) in [5.41, 5.74) is 8.24. The predicted molar refractivity (Wildman–Crippen MR) is 79.3 cm³/mol. The second kappa shape index (κ2) is 7.69. The van der Waals surface area contributed by atoms with E-state index in [-0.39, 0.29) is 0 Å². The first-order valence-corrected chi connectivity index (χ1v) is 7.56. The highest BCUT2D eigenvalue weighted by atomic mass is 16.2. The molecule has 0 atom stereocenters. The van der Waals surface area contributed by atoms with Gasteiger partial charge in [0.15, 0.2) is 0 Å². The Morgan fingerprint density at radius 3 is 2.19 bits per heavy atom. The van der Waals surface area contributed by atoms with Crippen LogP contribution in [0, 0.1) is 0 Å². The first-order valence-electron chi connectivity index (χ1n) is 7.56. The van der Waals surface area contributed by atoms with Crippen molar-refractivity contribution in [1.29, 1.82) is 0 Å². The third-order valence-corrected chi connectivity index (χ3v) is 4.06. The summed E-state index contributed by atoms with van der Waals surface area (Å²) in [6.45, 7) is 7.50. The lowest BCUT2D eigenvalue weighted by Gasteiger charge is -2.35. The molecule has 2 fully saturated rings. The van der Waals surface area contributed by atoms with E-state index in [9.17, 15) is 9.59 Å². The average molecular weight is 298 g/mol. The number of hydrazine groups is 1. The van der Waals surface area contributed by atoms with E-state index >= 15 is 0 Å². The van der Waals surface area contributed by atoms with Gasteiger partial charge in [0.2, 0.25) is 0 Å². The van der Waals surface area contributed by atoms with Crippen molar-refractivity contribution in [2.75, 3.05) is 72.5 Å². The largest absolute Gasteiger partial charge is 0.332 e. The molecule has 0 saturated carbocycles. The van der Waals surface area contributed by atoms with Crippen LogP contribution in [0.25, 0.3) is 0 Å². The molecule has 2 aliphatic heterocycles. The Hall–Kier alpha value is -1.22. The topological polar surface area (TPSA) is 85.2 Å². The summed E-state index contributed by atoms with van der Waals surface area (Å²) >= 11 is 0. The maximum absolute atomic E-state index is 12.1. The first-order chi connectivity index (χ1) is 10.1. The van der Waals surface area contributed by atoms with E-state index < -0.39 is 11.8 Å². The smallest absolute Gasteiger partial charge is 0.323 e. The van der Waals surface area contributed by atoms with Gasteiger partial charge in [0.1, 0.15) is 0 Å². The number of amides is 2. The Kier molecular flexibility index (Phi) is 5.92. The molecule has 21 heavy (non-hydrogen) atoms. The zero-order valence-corrected chi connectivity index (χ0v) is 12.8. The number of hydrogen-bond donors (Lipinski definition) is 2. The molecule has 120 valence electrons. The van der Waals surface area contributed by atoms with Crippen LogP contribution < -0.4 is 11.2 Å². The van der Waals surface area contributed by atoms with E-state index in [1.165, 1.54) is 0 Å². The summed E-state index contributed by atoms with van der Waals surface area (Å²) in [5, 5.41) is 1.82. The van der Waals surface area contributed by atoms with Gasteiger partial charge in [-0.2, -0.15) is 0 Å². The highest BCUT2D eigenvalue weighted by Gasteiger charge is 2.27. The molecular formula is C13H26N6O2. The molecule has 3 N–H and O–H groups in total. The quantitative estimate of drug-likeness (QED) is 0.555. The van der Waals surface area contributed by atoms with E-state index in [2.05, 4.69) is 15.2 Å². The number of nitrogens with one attached hydrogen (secondary N) is 1. The van der Waals surface area contributed by atoms with Crippen LogP contribution in [0.5, 0.6) is 0 Å². The van der Waals surface area contributed by atoms with E-state index in [4.69, 9.17) is 5.73 Å². The van der Waals surface area contributed by atoms with E-state index in [0.29, 0.717) is 19.6 Å². The minimum absolute atomic E-state index is 0.429. The fourth-order valence-corrected chi connectivity index (χ4v) is 2.61. The molecule has 2 aliphatic rings. The first kappa shape index (κ1) is 16.2. The molecule has 8 nitrogen and oxygen atoms in total. The number of rotatable bonds is 3. The molecule has 0 bridgehead atoms. The molecule has 0 aromatic carbocycles. The van der Waals surface area contributed by atoms with Gasteiger partial charge in [-0.3, -0.25) is 19.9 Å². The molecule has 0 aromatic rings. The standard InChI is InChI=1S/C13H26N6O2/c1-16-4-10-19(11-5-16)15-12(20)13(21)18-8-6-17(3-2-14)7-9-18/h2-11,14H2,1H3,(H,15,20). The number of carbonyl (C=O) groups is 2. The maximum Gasteiger partial charge on any atom is 0.323 e. The molecule has 0 radical (unpaired) electrons. The number of nitrogens with zero attached hydrogens (tertiary/aromatic N) is 4.